The highest BCUT2D eigenvalue weighted by atomic mass is 79.9. The molecule has 0 aliphatic carbocycles. The van der Waals surface area contributed by atoms with E-state index in [1.54, 1.807) is 0 Å². The van der Waals surface area contributed by atoms with E-state index in [-0.39, 0.29) is 0 Å². The molecule has 0 spiro atoms. The molecule has 1 aromatic carbocycles. The fourth-order valence-electron chi connectivity index (χ4n) is 2.33. The topological polar surface area (TPSA) is 15.3 Å². The van der Waals surface area contributed by atoms with Crippen molar-refractivity contribution in [3.05, 3.63) is 28.7 Å². The Morgan fingerprint density at radius 2 is 2.18 bits per heavy atom. The molecule has 1 N–H and O–H groups in total. The molecule has 17 heavy (non-hydrogen) atoms. The average molecular weight is 297 g/mol. The minimum atomic E-state index is 0.590. The maximum absolute atomic E-state index is 3.63. The van der Waals surface area contributed by atoms with Crippen molar-refractivity contribution in [3.63, 3.8) is 0 Å². The van der Waals surface area contributed by atoms with E-state index in [1.807, 2.05) is 0 Å². The fourth-order valence-corrected chi connectivity index (χ4v) is 2.86. The monoisotopic (exact) mass is 296 g/mol. The highest BCUT2D eigenvalue weighted by molar-refractivity contribution is 9.10. The highest BCUT2D eigenvalue weighted by Crippen LogP contribution is 2.30. The van der Waals surface area contributed by atoms with Gasteiger partial charge in [0.15, 0.2) is 0 Å². The van der Waals surface area contributed by atoms with Gasteiger partial charge in [0, 0.05) is 23.6 Å². The molecule has 1 saturated heterocycles. The molecule has 0 saturated carbocycles. The summed E-state index contributed by atoms with van der Waals surface area (Å²) in [5, 5.41) is 3.54. The third kappa shape index (κ3) is 3.46. The van der Waals surface area contributed by atoms with E-state index in [2.05, 4.69) is 64.3 Å². The molecule has 94 valence electrons. The highest BCUT2D eigenvalue weighted by Gasteiger charge is 2.23. The predicted molar refractivity (Wildman–Crippen MR) is 77.6 cm³/mol. The first-order chi connectivity index (χ1) is 8.16. The Kier molecular flexibility index (Phi) is 4.46. The van der Waals surface area contributed by atoms with Crippen molar-refractivity contribution >= 4 is 21.6 Å². The van der Waals surface area contributed by atoms with Crippen LogP contribution in [0.4, 0.5) is 5.69 Å². The van der Waals surface area contributed by atoms with E-state index in [0.717, 1.165) is 12.5 Å². The van der Waals surface area contributed by atoms with Crippen LogP contribution in [0.2, 0.25) is 0 Å². The molecule has 2 rings (SSSR count). The van der Waals surface area contributed by atoms with Gasteiger partial charge >= 0.3 is 0 Å². The number of benzene rings is 1. The maximum atomic E-state index is 3.63. The van der Waals surface area contributed by atoms with Crippen LogP contribution in [-0.4, -0.2) is 25.7 Å². The first-order valence-corrected chi connectivity index (χ1v) is 7.19. The number of anilines is 1. The smallest absolute Gasteiger partial charge is 0.0510 e. The van der Waals surface area contributed by atoms with Gasteiger partial charge in [-0.15, -0.1) is 0 Å². The van der Waals surface area contributed by atoms with Crippen LogP contribution < -0.4 is 10.2 Å². The second-order valence-electron chi connectivity index (χ2n) is 5.12. The van der Waals surface area contributed by atoms with Crippen LogP contribution in [0.1, 0.15) is 20.3 Å². The zero-order chi connectivity index (χ0) is 12.3. The Labute approximate surface area is 113 Å². The molecule has 1 unspecified atom stereocenters. The second kappa shape index (κ2) is 5.87. The summed E-state index contributed by atoms with van der Waals surface area (Å²) >= 11 is 3.63. The lowest BCUT2D eigenvalue weighted by atomic mass is 10.1. The third-order valence-corrected chi connectivity index (χ3v) is 3.96. The van der Waals surface area contributed by atoms with E-state index in [0.29, 0.717) is 6.04 Å². The number of hydrogen-bond donors (Lipinski definition) is 1. The molecule has 1 atom stereocenters. The Bertz CT molecular complexity index is 365. The maximum Gasteiger partial charge on any atom is 0.0510 e. The van der Waals surface area contributed by atoms with Crippen LogP contribution in [0.3, 0.4) is 0 Å². The van der Waals surface area contributed by atoms with Crippen LogP contribution in [0.15, 0.2) is 28.7 Å². The Morgan fingerprint density at radius 3 is 2.88 bits per heavy atom. The number of nitrogens with one attached hydrogen (secondary N) is 1. The molecule has 2 nitrogen and oxygen atoms in total. The number of halogens is 1. The normalized spacial score (nSPS) is 20.2. The zero-order valence-electron chi connectivity index (χ0n) is 10.6. The van der Waals surface area contributed by atoms with Crippen LogP contribution >= 0.6 is 15.9 Å². The van der Waals surface area contributed by atoms with Gasteiger partial charge < -0.3 is 10.2 Å². The van der Waals surface area contributed by atoms with Gasteiger partial charge in [-0.2, -0.15) is 0 Å². The van der Waals surface area contributed by atoms with Crippen molar-refractivity contribution in [2.24, 2.45) is 5.92 Å². The van der Waals surface area contributed by atoms with Gasteiger partial charge in [-0.1, -0.05) is 26.0 Å². The van der Waals surface area contributed by atoms with Crippen molar-refractivity contribution in [3.8, 4) is 0 Å². The zero-order valence-corrected chi connectivity index (χ0v) is 12.2. The SMILES string of the molecule is CC(C)NCC1CCN(c2ccccc2Br)C1. The van der Waals surface area contributed by atoms with E-state index >= 15 is 0 Å². The summed E-state index contributed by atoms with van der Waals surface area (Å²) < 4.78 is 1.21. The minimum absolute atomic E-state index is 0.590. The van der Waals surface area contributed by atoms with Crippen molar-refractivity contribution in [2.75, 3.05) is 24.5 Å². The molecule has 1 aromatic rings. The van der Waals surface area contributed by atoms with Gasteiger partial charge in [0.2, 0.25) is 0 Å². The summed E-state index contributed by atoms with van der Waals surface area (Å²) in [5.74, 6) is 0.782. The first-order valence-electron chi connectivity index (χ1n) is 6.39. The number of para-hydroxylation sites is 1. The lowest BCUT2D eigenvalue weighted by Crippen LogP contribution is -2.30. The van der Waals surface area contributed by atoms with Crippen molar-refractivity contribution in [2.45, 2.75) is 26.3 Å². The first kappa shape index (κ1) is 12.9. The molecular formula is C14H21BrN2. The van der Waals surface area contributed by atoms with Crippen molar-refractivity contribution < 1.29 is 0 Å². The average Bonchev–Trinajstić information content (AvgIpc) is 2.75. The number of nitrogens with zero attached hydrogens (tertiary/aromatic N) is 1. The molecule has 1 fully saturated rings. The molecule has 1 aliphatic rings. The lowest BCUT2D eigenvalue weighted by Gasteiger charge is -2.20. The predicted octanol–water partition coefficient (Wildman–Crippen LogP) is 3.27. The summed E-state index contributed by atoms with van der Waals surface area (Å²) in [6, 6.07) is 9.09. The van der Waals surface area contributed by atoms with E-state index in [4.69, 9.17) is 0 Å². The quantitative estimate of drug-likeness (QED) is 0.917. The van der Waals surface area contributed by atoms with E-state index < -0.39 is 0 Å². The summed E-state index contributed by atoms with van der Waals surface area (Å²) in [5.41, 5.74) is 1.33. The third-order valence-electron chi connectivity index (χ3n) is 3.29. The standard InChI is InChI=1S/C14H21BrN2/c1-11(2)16-9-12-7-8-17(10-12)14-6-4-3-5-13(14)15/h3-6,11-12,16H,7-10H2,1-2H3. The molecule has 0 aromatic heterocycles. The molecule has 0 radical (unpaired) electrons. The summed E-state index contributed by atoms with van der Waals surface area (Å²) in [6.07, 6.45) is 1.29. The van der Waals surface area contributed by atoms with Crippen LogP contribution in [0, 0.1) is 5.92 Å². The largest absolute Gasteiger partial charge is 0.370 e. The minimum Gasteiger partial charge on any atom is -0.370 e. The second-order valence-corrected chi connectivity index (χ2v) is 5.97. The molecule has 0 bridgehead atoms. The molecule has 0 amide bonds. The summed E-state index contributed by atoms with van der Waals surface area (Å²) in [4.78, 5) is 2.48. The van der Waals surface area contributed by atoms with Gasteiger partial charge in [0.1, 0.15) is 0 Å². The van der Waals surface area contributed by atoms with E-state index in [9.17, 15) is 0 Å². The van der Waals surface area contributed by atoms with Crippen LogP contribution in [0.5, 0.6) is 0 Å². The van der Waals surface area contributed by atoms with Crippen LogP contribution in [-0.2, 0) is 0 Å². The van der Waals surface area contributed by atoms with Gasteiger partial charge in [-0.05, 0) is 46.9 Å². The lowest BCUT2D eigenvalue weighted by molar-refractivity contribution is 0.480. The van der Waals surface area contributed by atoms with Crippen molar-refractivity contribution in [1.29, 1.82) is 0 Å². The molecule has 1 heterocycles. The number of rotatable bonds is 4. The summed E-state index contributed by atoms with van der Waals surface area (Å²) in [7, 11) is 0. The Hall–Kier alpha value is -0.540. The van der Waals surface area contributed by atoms with Gasteiger partial charge in [0.05, 0.1) is 5.69 Å². The molecule has 3 heteroatoms. The van der Waals surface area contributed by atoms with Gasteiger partial charge in [-0.3, -0.25) is 0 Å². The fraction of sp³-hybridized carbons (Fsp3) is 0.571. The van der Waals surface area contributed by atoms with Crippen LogP contribution in [0.25, 0.3) is 0 Å². The number of hydrogen-bond acceptors (Lipinski definition) is 2. The van der Waals surface area contributed by atoms with Crippen molar-refractivity contribution in [1.82, 2.24) is 5.32 Å². The van der Waals surface area contributed by atoms with Gasteiger partial charge in [0.25, 0.3) is 0 Å². The molecule has 1 aliphatic heterocycles. The van der Waals surface area contributed by atoms with Gasteiger partial charge in [-0.25, -0.2) is 0 Å². The molecular weight excluding hydrogens is 276 g/mol. The van der Waals surface area contributed by atoms with E-state index in [1.165, 1.54) is 29.7 Å². The Balaban J connectivity index is 1.92. The summed E-state index contributed by atoms with van der Waals surface area (Å²) in [6.45, 7) is 7.90. The Morgan fingerprint density at radius 1 is 1.41 bits per heavy atom.